The van der Waals surface area contributed by atoms with Crippen molar-refractivity contribution in [2.24, 2.45) is 0 Å². The molecular formula is C17H19NO4. The summed E-state index contributed by atoms with van der Waals surface area (Å²) in [4.78, 5) is 0. The van der Waals surface area contributed by atoms with E-state index in [4.69, 9.17) is 9.47 Å². The van der Waals surface area contributed by atoms with Gasteiger partial charge in [-0.1, -0.05) is 6.07 Å². The molecule has 3 N–H and O–H groups in total. The second-order valence-electron chi connectivity index (χ2n) is 5.29. The van der Waals surface area contributed by atoms with Gasteiger partial charge in [0.1, 0.15) is 0 Å². The first kappa shape index (κ1) is 14.5. The summed E-state index contributed by atoms with van der Waals surface area (Å²) in [6.45, 7) is 0.802. The van der Waals surface area contributed by atoms with E-state index in [-0.39, 0.29) is 17.5 Å². The van der Waals surface area contributed by atoms with Gasteiger partial charge in [-0.3, -0.25) is 0 Å². The Labute approximate surface area is 129 Å². The van der Waals surface area contributed by atoms with Crippen molar-refractivity contribution in [2.75, 3.05) is 20.8 Å². The van der Waals surface area contributed by atoms with Crippen molar-refractivity contribution >= 4 is 0 Å². The number of ether oxygens (including phenoxy) is 2. The monoisotopic (exact) mass is 301 g/mol. The number of hydrogen-bond acceptors (Lipinski definition) is 5. The molecule has 0 radical (unpaired) electrons. The lowest BCUT2D eigenvalue weighted by molar-refractivity contribution is 0.354. The van der Waals surface area contributed by atoms with Crippen molar-refractivity contribution in [3.63, 3.8) is 0 Å². The van der Waals surface area contributed by atoms with Gasteiger partial charge in [0.05, 0.1) is 20.3 Å². The number of aromatic hydroxyl groups is 2. The predicted molar refractivity (Wildman–Crippen MR) is 82.9 cm³/mol. The fourth-order valence-electron chi connectivity index (χ4n) is 2.91. The molecule has 1 aliphatic heterocycles. The largest absolute Gasteiger partial charge is 0.504 e. The van der Waals surface area contributed by atoms with Gasteiger partial charge in [-0.25, -0.2) is 0 Å². The Hall–Kier alpha value is -2.40. The highest BCUT2D eigenvalue weighted by Gasteiger charge is 2.24. The Bertz CT molecular complexity index is 699. The van der Waals surface area contributed by atoms with Crippen molar-refractivity contribution in [1.29, 1.82) is 0 Å². The van der Waals surface area contributed by atoms with Crippen LogP contribution in [0, 0.1) is 0 Å². The molecule has 5 nitrogen and oxygen atoms in total. The molecule has 0 spiro atoms. The second-order valence-corrected chi connectivity index (χ2v) is 5.29. The Morgan fingerprint density at radius 3 is 2.45 bits per heavy atom. The molecule has 2 aromatic rings. The summed E-state index contributed by atoms with van der Waals surface area (Å²) < 4.78 is 10.6. The SMILES string of the molecule is COc1ccc([C@H]2NCCc3cc(O)c(O)cc32)cc1OC. The molecule has 0 fully saturated rings. The van der Waals surface area contributed by atoms with Gasteiger partial charge in [0, 0.05) is 6.54 Å². The average molecular weight is 301 g/mol. The first-order valence-corrected chi connectivity index (χ1v) is 7.14. The molecule has 0 aliphatic carbocycles. The molecule has 0 saturated heterocycles. The maximum Gasteiger partial charge on any atom is 0.161 e. The molecule has 1 aliphatic rings. The van der Waals surface area contributed by atoms with Crippen LogP contribution in [-0.2, 0) is 6.42 Å². The molecule has 0 saturated carbocycles. The number of rotatable bonds is 3. The first-order chi connectivity index (χ1) is 10.6. The van der Waals surface area contributed by atoms with Crippen LogP contribution in [0.5, 0.6) is 23.0 Å². The molecule has 0 bridgehead atoms. The third-order valence-corrected chi connectivity index (χ3v) is 4.03. The molecule has 3 rings (SSSR count). The van der Waals surface area contributed by atoms with Crippen molar-refractivity contribution in [3.05, 3.63) is 47.0 Å². The van der Waals surface area contributed by atoms with Gasteiger partial charge >= 0.3 is 0 Å². The van der Waals surface area contributed by atoms with Crippen LogP contribution >= 0.6 is 0 Å². The Kier molecular flexibility index (Phi) is 3.81. The Balaban J connectivity index is 2.06. The highest BCUT2D eigenvalue weighted by Crippen LogP contribution is 2.38. The minimum Gasteiger partial charge on any atom is -0.504 e. The van der Waals surface area contributed by atoms with Crippen molar-refractivity contribution in [1.82, 2.24) is 5.32 Å². The first-order valence-electron chi connectivity index (χ1n) is 7.14. The highest BCUT2D eigenvalue weighted by molar-refractivity contribution is 5.52. The summed E-state index contributed by atoms with van der Waals surface area (Å²) in [6.07, 6.45) is 0.812. The predicted octanol–water partition coefficient (Wildman–Crippen LogP) is 2.35. The summed E-state index contributed by atoms with van der Waals surface area (Å²) in [5.41, 5.74) is 3.02. The van der Waals surface area contributed by atoms with E-state index in [1.807, 2.05) is 18.2 Å². The van der Waals surface area contributed by atoms with Crippen LogP contribution in [0.4, 0.5) is 0 Å². The molecule has 2 aromatic carbocycles. The lowest BCUT2D eigenvalue weighted by Crippen LogP contribution is -2.30. The molecule has 1 atom stereocenters. The summed E-state index contributed by atoms with van der Waals surface area (Å²) in [6, 6.07) is 8.96. The van der Waals surface area contributed by atoms with E-state index in [2.05, 4.69) is 5.32 Å². The van der Waals surface area contributed by atoms with Gasteiger partial charge in [0.2, 0.25) is 0 Å². The van der Waals surface area contributed by atoms with E-state index in [0.717, 1.165) is 29.7 Å². The van der Waals surface area contributed by atoms with E-state index in [1.54, 1.807) is 26.4 Å². The van der Waals surface area contributed by atoms with Crippen LogP contribution in [0.1, 0.15) is 22.7 Å². The Morgan fingerprint density at radius 1 is 1.00 bits per heavy atom. The van der Waals surface area contributed by atoms with Gasteiger partial charge in [0.15, 0.2) is 23.0 Å². The van der Waals surface area contributed by atoms with Gasteiger partial charge in [-0.05, 0) is 47.4 Å². The number of fused-ring (bicyclic) bond motifs is 1. The van der Waals surface area contributed by atoms with E-state index in [1.165, 1.54) is 0 Å². The summed E-state index contributed by atoms with van der Waals surface area (Å²) in [7, 11) is 3.21. The summed E-state index contributed by atoms with van der Waals surface area (Å²) in [5, 5.41) is 22.9. The van der Waals surface area contributed by atoms with Crippen LogP contribution in [0.3, 0.4) is 0 Å². The lowest BCUT2D eigenvalue weighted by atomic mass is 9.89. The maximum absolute atomic E-state index is 9.80. The smallest absolute Gasteiger partial charge is 0.161 e. The van der Waals surface area contributed by atoms with Crippen LogP contribution in [0.25, 0.3) is 0 Å². The van der Waals surface area contributed by atoms with Crippen molar-refractivity contribution in [2.45, 2.75) is 12.5 Å². The average Bonchev–Trinajstić information content (AvgIpc) is 2.54. The van der Waals surface area contributed by atoms with E-state index in [9.17, 15) is 10.2 Å². The fourth-order valence-corrected chi connectivity index (χ4v) is 2.91. The summed E-state index contributed by atoms with van der Waals surface area (Å²) in [5.74, 6) is 1.16. The number of benzene rings is 2. The number of methoxy groups -OCH3 is 2. The normalized spacial score (nSPS) is 16.9. The second kappa shape index (κ2) is 5.77. The fraction of sp³-hybridized carbons (Fsp3) is 0.294. The zero-order valence-corrected chi connectivity index (χ0v) is 12.6. The molecule has 0 amide bonds. The number of phenolic OH excluding ortho intramolecular Hbond substituents is 2. The molecular weight excluding hydrogens is 282 g/mol. The number of hydrogen-bond donors (Lipinski definition) is 3. The van der Waals surface area contributed by atoms with Crippen molar-refractivity contribution in [3.8, 4) is 23.0 Å². The highest BCUT2D eigenvalue weighted by atomic mass is 16.5. The zero-order valence-electron chi connectivity index (χ0n) is 12.6. The van der Waals surface area contributed by atoms with Crippen LogP contribution in [-0.4, -0.2) is 31.0 Å². The minimum absolute atomic E-state index is 0.0601. The van der Waals surface area contributed by atoms with Gasteiger partial charge in [-0.15, -0.1) is 0 Å². The third kappa shape index (κ3) is 2.44. The van der Waals surface area contributed by atoms with Crippen LogP contribution < -0.4 is 14.8 Å². The van der Waals surface area contributed by atoms with Crippen molar-refractivity contribution < 1.29 is 19.7 Å². The number of nitrogens with one attached hydrogen (secondary N) is 1. The topological polar surface area (TPSA) is 71.0 Å². The third-order valence-electron chi connectivity index (χ3n) is 4.03. The van der Waals surface area contributed by atoms with Crippen LogP contribution in [0.15, 0.2) is 30.3 Å². The Morgan fingerprint density at radius 2 is 1.73 bits per heavy atom. The quantitative estimate of drug-likeness (QED) is 0.759. The molecule has 0 aromatic heterocycles. The van der Waals surface area contributed by atoms with Gasteiger partial charge in [-0.2, -0.15) is 0 Å². The lowest BCUT2D eigenvalue weighted by Gasteiger charge is -2.28. The molecule has 1 heterocycles. The van der Waals surface area contributed by atoms with E-state index in [0.29, 0.717) is 11.5 Å². The zero-order chi connectivity index (χ0) is 15.7. The number of phenols is 2. The molecule has 5 heteroatoms. The van der Waals surface area contributed by atoms with Gasteiger partial charge < -0.3 is 25.0 Å². The van der Waals surface area contributed by atoms with E-state index < -0.39 is 0 Å². The van der Waals surface area contributed by atoms with Gasteiger partial charge in [0.25, 0.3) is 0 Å². The van der Waals surface area contributed by atoms with E-state index >= 15 is 0 Å². The minimum atomic E-state index is -0.104. The maximum atomic E-state index is 9.80. The molecule has 22 heavy (non-hydrogen) atoms. The molecule has 0 unspecified atom stereocenters. The summed E-state index contributed by atoms with van der Waals surface area (Å²) >= 11 is 0. The molecule has 116 valence electrons. The van der Waals surface area contributed by atoms with Crippen LogP contribution in [0.2, 0.25) is 0 Å². The standard InChI is InChI=1S/C17H19NO4/c1-21-15-4-3-11(8-16(15)22-2)17-12-9-14(20)13(19)7-10(12)5-6-18-17/h3-4,7-9,17-20H,5-6H2,1-2H3/t17-/m1/s1.